The van der Waals surface area contributed by atoms with E-state index in [1.165, 1.54) is 11.8 Å². The molecule has 0 saturated carbocycles. The second kappa shape index (κ2) is 5.38. The summed E-state index contributed by atoms with van der Waals surface area (Å²) in [5.41, 5.74) is 5.97. The normalized spacial score (nSPS) is 15.8. The average Bonchev–Trinajstić information content (AvgIpc) is 2.65. The van der Waals surface area contributed by atoms with Gasteiger partial charge < -0.3 is 15.8 Å². The van der Waals surface area contributed by atoms with Gasteiger partial charge in [-0.25, -0.2) is 4.98 Å². The summed E-state index contributed by atoms with van der Waals surface area (Å²) < 4.78 is 0. The van der Waals surface area contributed by atoms with Crippen LogP contribution in [0.1, 0.15) is 13.8 Å². The fraction of sp³-hybridized carbons (Fsp3) is 0.667. The van der Waals surface area contributed by atoms with Crippen molar-refractivity contribution in [1.29, 1.82) is 0 Å². The molecule has 0 radical (unpaired) electrons. The van der Waals surface area contributed by atoms with Crippen molar-refractivity contribution in [2.45, 2.75) is 30.3 Å². The Hall–Kier alpha value is -0.520. The molecule has 14 heavy (non-hydrogen) atoms. The molecule has 1 rings (SSSR count). The first-order chi connectivity index (χ1) is 6.65. The predicted octanol–water partition coefficient (Wildman–Crippen LogP) is 0.846. The van der Waals surface area contributed by atoms with Crippen LogP contribution in [0.3, 0.4) is 0 Å². The molecule has 5 heteroatoms. The zero-order chi connectivity index (χ0) is 10.6. The maximum atomic E-state index is 9.20. The number of hydrogen-bond donors (Lipinski definition) is 3. The molecule has 80 valence electrons. The number of nitrogens with zero attached hydrogens (tertiary/aromatic N) is 1. The van der Waals surface area contributed by atoms with Gasteiger partial charge in [0.05, 0.1) is 11.9 Å². The zero-order valence-corrected chi connectivity index (χ0v) is 9.29. The molecule has 2 unspecified atom stereocenters. The fourth-order valence-corrected chi connectivity index (χ4v) is 2.22. The molecule has 4 N–H and O–H groups in total. The van der Waals surface area contributed by atoms with E-state index in [1.807, 2.05) is 0 Å². The largest absolute Gasteiger partial charge is 0.395 e. The number of aliphatic hydroxyl groups is 1. The van der Waals surface area contributed by atoms with Crippen molar-refractivity contribution in [1.82, 2.24) is 9.97 Å². The molecule has 0 bridgehead atoms. The van der Waals surface area contributed by atoms with Gasteiger partial charge in [0.2, 0.25) is 0 Å². The number of nitrogens with two attached hydrogens (primary N) is 1. The maximum Gasteiger partial charge on any atom is 0.165 e. The molecule has 1 heterocycles. The maximum absolute atomic E-state index is 9.20. The van der Waals surface area contributed by atoms with Crippen molar-refractivity contribution < 1.29 is 5.11 Å². The van der Waals surface area contributed by atoms with Crippen molar-refractivity contribution >= 4 is 11.8 Å². The molecule has 0 aliphatic rings. The van der Waals surface area contributed by atoms with Gasteiger partial charge in [0.1, 0.15) is 0 Å². The topological polar surface area (TPSA) is 74.9 Å². The number of aromatic nitrogens is 2. The highest BCUT2D eigenvalue weighted by molar-refractivity contribution is 7.99. The van der Waals surface area contributed by atoms with Gasteiger partial charge in [-0.2, -0.15) is 0 Å². The van der Waals surface area contributed by atoms with E-state index in [2.05, 4.69) is 23.8 Å². The van der Waals surface area contributed by atoms with E-state index in [9.17, 15) is 5.11 Å². The minimum Gasteiger partial charge on any atom is -0.395 e. The Bertz CT molecular complexity index is 251. The quantitative estimate of drug-likeness (QED) is 0.636. The summed E-state index contributed by atoms with van der Waals surface area (Å²) >= 11 is 1.49. The van der Waals surface area contributed by atoms with Gasteiger partial charge in [-0.3, -0.25) is 0 Å². The van der Waals surface area contributed by atoms with Gasteiger partial charge in [-0.05, 0) is 5.92 Å². The summed E-state index contributed by atoms with van der Waals surface area (Å²) in [5, 5.41) is 10.0. The number of thioether (sulfide) groups is 1. The molecule has 0 fully saturated rings. The summed E-state index contributed by atoms with van der Waals surface area (Å²) in [5.74, 6) is 0.356. The zero-order valence-electron chi connectivity index (χ0n) is 8.47. The van der Waals surface area contributed by atoms with Gasteiger partial charge in [-0.1, -0.05) is 25.6 Å². The first-order valence-electron chi connectivity index (χ1n) is 4.67. The van der Waals surface area contributed by atoms with Gasteiger partial charge in [0.25, 0.3) is 0 Å². The Labute approximate surface area is 88.3 Å². The number of rotatable bonds is 5. The monoisotopic (exact) mass is 215 g/mol. The minimum atomic E-state index is -0.0184. The van der Waals surface area contributed by atoms with Gasteiger partial charge in [-0.15, -0.1) is 0 Å². The molecule has 0 aliphatic heterocycles. The SMILES string of the molecule is CC(C)C(N)C(CO)Sc1ncc[nH]1. The number of hydrogen-bond acceptors (Lipinski definition) is 4. The van der Waals surface area contributed by atoms with Crippen LogP contribution in [0, 0.1) is 5.92 Å². The lowest BCUT2D eigenvalue weighted by atomic mass is 10.0. The van der Waals surface area contributed by atoms with Crippen LogP contribution in [0.2, 0.25) is 0 Å². The Morgan fingerprint density at radius 1 is 1.64 bits per heavy atom. The number of H-pyrrole nitrogens is 1. The van der Waals surface area contributed by atoms with Crippen molar-refractivity contribution in [2.75, 3.05) is 6.61 Å². The number of nitrogens with one attached hydrogen (secondary N) is 1. The predicted molar refractivity (Wildman–Crippen MR) is 58.1 cm³/mol. The summed E-state index contributed by atoms with van der Waals surface area (Å²) in [4.78, 5) is 7.07. The van der Waals surface area contributed by atoms with E-state index in [4.69, 9.17) is 5.73 Å². The first kappa shape index (κ1) is 11.6. The molecule has 0 spiro atoms. The Morgan fingerprint density at radius 2 is 2.36 bits per heavy atom. The smallest absolute Gasteiger partial charge is 0.165 e. The number of aliphatic hydroxyl groups excluding tert-OH is 1. The Kier molecular flexibility index (Phi) is 4.44. The third-order valence-corrected chi connectivity index (χ3v) is 3.33. The van der Waals surface area contributed by atoms with Gasteiger partial charge in [0.15, 0.2) is 5.16 Å². The highest BCUT2D eigenvalue weighted by Crippen LogP contribution is 2.23. The first-order valence-corrected chi connectivity index (χ1v) is 5.55. The van der Waals surface area contributed by atoms with E-state index in [1.54, 1.807) is 12.4 Å². The van der Waals surface area contributed by atoms with Crippen LogP contribution in [0.25, 0.3) is 0 Å². The van der Waals surface area contributed by atoms with Crippen LogP contribution in [-0.4, -0.2) is 33.0 Å². The number of aromatic amines is 1. The third-order valence-electron chi connectivity index (χ3n) is 2.12. The van der Waals surface area contributed by atoms with E-state index in [0.29, 0.717) is 5.92 Å². The second-order valence-corrected chi connectivity index (χ2v) is 4.78. The van der Waals surface area contributed by atoms with Crippen LogP contribution in [0.4, 0.5) is 0 Å². The Balaban J connectivity index is 2.55. The Morgan fingerprint density at radius 3 is 2.79 bits per heavy atom. The highest BCUT2D eigenvalue weighted by atomic mass is 32.2. The van der Waals surface area contributed by atoms with Crippen LogP contribution < -0.4 is 5.73 Å². The molecule has 1 aromatic heterocycles. The molecule has 0 amide bonds. The third kappa shape index (κ3) is 3.01. The summed E-state index contributed by atoms with van der Waals surface area (Å²) in [6, 6.07) is -0.0184. The molecular formula is C9H17N3OS. The lowest BCUT2D eigenvalue weighted by molar-refractivity contribution is 0.269. The van der Waals surface area contributed by atoms with E-state index >= 15 is 0 Å². The van der Waals surface area contributed by atoms with Crippen LogP contribution in [-0.2, 0) is 0 Å². The molecule has 2 atom stereocenters. The summed E-state index contributed by atoms with van der Waals surface area (Å²) in [6.07, 6.45) is 3.45. The molecular weight excluding hydrogens is 198 g/mol. The van der Waals surface area contributed by atoms with Crippen molar-refractivity contribution in [3.63, 3.8) is 0 Å². The second-order valence-electron chi connectivity index (χ2n) is 3.55. The van der Waals surface area contributed by atoms with Crippen LogP contribution in [0.5, 0.6) is 0 Å². The number of imidazole rings is 1. The van der Waals surface area contributed by atoms with Gasteiger partial charge in [0, 0.05) is 18.4 Å². The molecule has 0 saturated heterocycles. The summed E-state index contributed by atoms with van der Waals surface area (Å²) in [6.45, 7) is 4.18. The molecule has 4 nitrogen and oxygen atoms in total. The molecule has 0 aliphatic carbocycles. The van der Waals surface area contributed by atoms with Gasteiger partial charge >= 0.3 is 0 Å². The highest BCUT2D eigenvalue weighted by Gasteiger charge is 2.21. The summed E-state index contributed by atoms with van der Waals surface area (Å²) in [7, 11) is 0. The van der Waals surface area contributed by atoms with Crippen molar-refractivity contribution in [3.8, 4) is 0 Å². The van der Waals surface area contributed by atoms with Crippen LogP contribution >= 0.6 is 11.8 Å². The minimum absolute atomic E-state index is 0.00106. The standard InChI is InChI=1S/C9H17N3OS/c1-6(2)8(10)7(5-13)14-9-11-3-4-12-9/h3-4,6-8,13H,5,10H2,1-2H3,(H,11,12). The molecule has 1 aromatic rings. The van der Waals surface area contributed by atoms with E-state index in [-0.39, 0.29) is 17.9 Å². The van der Waals surface area contributed by atoms with Crippen molar-refractivity contribution in [2.24, 2.45) is 11.7 Å². The van der Waals surface area contributed by atoms with Crippen LogP contribution in [0.15, 0.2) is 17.6 Å². The van der Waals surface area contributed by atoms with E-state index < -0.39 is 0 Å². The molecule has 0 aromatic carbocycles. The lowest BCUT2D eigenvalue weighted by Crippen LogP contribution is -2.39. The van der Waals surface area contributed by atoms with Crippen molar-refractivity contribution in [3.05, 3.63) is 12.4 Å². The lowest BCUT2D eigenvalue weighted by Gasteiger charge is -2.23. The van der Waals surface area contributed by atoms with E-state index in [0.717, 1.165) is 5.16 Å². The average molecular weight is 215 g/mol. The fourth-order valence-electron chi connectivity index (χ4n) is 1.13.